The van der Waals surface area contributed by atoms with E-state index in [-0.39, 0.29) is 17.8 Å². The molecule has 1 amide bonds. The number of halogens is 1. The zero-order chi connectivity index (χ0) is 22.8. The summed E-state index contributed by atoms with van der Waals surface area (Å²) in [4.78, 5) is 13.4. The van der Waals surface area contributed by atoms with Gasteiger partial charge < -0.3 is 5.32 Å². The number of hydrogen-bond acceptors (Lipinski definition) is 4. The van der Waals surface area contributed by atoms with Gasteiger partial charge in [0.2, 0.25) is 5.91 Å². The van der Waals surface area contributed by atoms with Crippen molar-refractivity contribution in [2.45, 2.75) is 36.2 Å². The van der Waals surface area contributed by atoms with Crippen LogP contribution < -0.4 is 5.32 Å². The summed E-state index contributed by atoms with van der Waals surface area (Å²) in [7, 11) is 0. The monoisotopic (exact) mass is 458 g/mol. The highest BCUT2D eigenvalue weighted by molar-refractivity contribution is 8.00. The largest absolute Gasteiger partial charge is 0.325 e. The smallest absolute Gasteiger partial charge is 0.242 e. The lowest BCUT2D eigenvalue weighted by Gasteiger charge is -2.18. The van der Waals surface area contributed by atoms with E-state index in [0.717, 1.165) is 29.7 Å². The van der Waals surface area contributed by atoms with E-state index in [1.165, 1.54) is 17.8 Å². The molecule has 0 bridgehead atoms. The minimum atomic E-state index is -0.539. The molecular weight excluding hydrogens is 435 g/mol. The first-order valence-electron chi connectivity index (χ1n) is 10.9. The summed E-state index contributed by atoms with van der Waals surface area (Å²) in [5.41, 5.74) is 3.15. The quantitative estimate of drug-likeness (QED) is 0.335. The number of anilines is 1. The molecule has 5 nitrogen and oxygen atoms in total. The standard InChI is InChI=1S/C26H23FN4OS/c1-17-11-13-19(14-12-17)28-25(32)23(18-7-3-2-4-8-18)33-26-30-29-24(31(26)20-15-16-20)21-9-5-6-10-22(21)27/h2-14,20,23H,15-16H2,1H3,(H,28,32)/t23-/m1/s1. The van der Waals surface area contributed by atoms with Crippen molar-refractivity contribution in [2.24, 2.45) is 0 Å². The molecule has 0 aliphatic heterocycles. The molecule has 0 radical (unpaired) electrons. The second-order valence-corrected chi connectivity index (χ2v) is 9.22. The first kappa shape index (κ1) is 21.4. The Hall–Kier alpha value is -3.45. The Balaban J connectivity index is 1.49. The lowest BCUT2D eigenvalue weighted by molar-refractivity contribution is -0.115. The van der Waals surface area contributed by atoms with Crippen molar-refractivity contribution in [1.29, 1.82) is 0 Å². The Morgan fingerprint density at radius 1 is 1.00 bits per heavy atom. The van der Waals surface area contributed by atoms with Crippen molar-refractivity contribution >= 4 is 23.4 Å². The van der Waals surface area contributed by atoms with Crippen molar-refractivity contribution in [3.05, 3.63) is 95.8 Å². The summed E-state index contributed by atoms with van der Waals surface area (Å²) in [6, 6.07) is 24.1. The fraction of sp³-hybridized carbons (Fsp3) is 0.192. The third kappa shape index (κ3) is 4.68. The number of rotatable bonds is 7. The van der Waals surface area contributed by atoms with Gasteiger partial charge in [-0.2, -0.15) is 0 Å². The van der Waals surface area contributed by atoms with Crippen LogP contribution >= 0.6 is 11.8 Å². The van der Waals surface area contributed by atoms with Crippen molar-refractivity contribution in [1.82, 2.24) is 14.8 Å². The minimum Gasteiger partial charge on any atom is -0.325 e. The van der Waals surface area contributed by atoms with Gasteiger partial charge in [0.1, 0.15) is 11.1 Å². The lowest BCUT2D eigenvalue weighted by atomic mass is 10.1. The third-order valence-corrected chi connectivity index (χ3v) is 6.79. The second kappa shape index (κ2) is 9.19. The second-order valence-electron chi connectivity index (χ2n) is 8.15. The number of benzene rings is 3. The Bertz CT molecular complexity index is 1270. The van der Waals surface area contributed by atoms with Gasteiger partial charge in [0.15, 0.2) is 11.0 Å². The van der Waals surface area contributed by atoms with Gasteiger partial charge in [0, 0.05) is 11.7 Å². The van der Waals surface area contributed by atoms with Gasteiger partial charge in [0.05, 0.1) is 5.56 Å². The predicted molar refractivity (Wildman–Crippen MR) is 129 cm³/mol. The van der Waals surface area contributed by atoms with Crippen LogP contribution in [0.15, 0.2) is 84.0 Å². The zero-order valence-electron chi connectivity index (χ0n) is 18.1. The molecule has 1 aliphatic rings. The molecule has 1 aromatic heterocycles. The van der Waals surface area contributed by atoms with Crippen LogP contribution in [0.25, 0.3) is 11.4 Å². The van der Waals surface area contributed by atoms with Gasteiger partial charge in [-0.05, 0) is 49.6 Å². The number of amides is 1. The first-order valence-corrected chi connectivity index (χ1v) is 11.8. The van der Waals surface area contributed by atoms with Crippen molar-refractivity contribution in [3.8, 4) is 11.4 Å². The van der Waals surface area contributed by atoms with Crippen LogP contribution in [0.1, 0.15) is 35.3 Å². The van der Waals surface area contributed by atoms with Crippen LogP contribution in [0.3, 0.4) is 0 Å². The lowest BCUT2D eigenvalue weighted by Crippen LogP contribution is -2.19. The Morgan fingerprint density at radius 2 is 1.70 bits per heavy atom. The molecule has 5 rings (SSSR count). The summed E-state index contributed by atoms with van der Waals surface area (Å²) in [5, 5.41) is 11.8. The molecule has 1 heterocycles. The van der Waals surface area contributed by atoms with Crippen molar-refractivity contribution in [2.75, 3.05) is 5.32 Å². The number of aryl methyl sites for hydroxylation is 1. The highest BCUT2D eigenvalue weighted by Crippen LogP contribution is 2.44. The maximum atomic E-state index is 14.5. The van der Waals surface area contributed by atoms with E-state index >= 15 is 0 Å². The molecular formula is C26H23FN4OS. The van der Waals surface area contributed by atoms with E-state index in [1.54, 1.807) is 18.2 Å². The molecule has 1 saturated carbocycles. The number of aromatic nitrogens is 3. The van der Waals surface area contributed by atoms with Gasteiger partial charge in [-0.3, -0.25) is 9.36 Å². The van der Waals surface area contributed by atoms with Gasteiger partial charge in [-0.25, -0.2) is 4.39 Å². The average molecular weight is 459 g/mol. The normalized spacial score (nSPS) is 14.1. The van der Waals surface area contributed by atoms with Crippen LogP contribution in [0.2, 0.25) is 0 Å². The summed E-state index contributed by atoms with van der Waals surface area (Å²) in [6.45, 7) is 2.01. The van der Waals surface area contributed by atoms with Crippen molar-refractivity contribution < 1.29 is 9.18 Å². The van der Waals surface area contributed by atoms with E-state index < -0.39 is 5.25 Å². The Kier molecular flexibility index (Phi) is 5.96. The van der Waals surface area contributed by atoms with Gasteiger partial charge in [-0.15, -0.1) is 10.2 Å². The van der Waals surface area contributed by atoms with E-state index in [0.29, 0.717) is 16.5 Å². The first-order chi connectivity index (χ1) is 16.1. The van der Waals surface area contributed by atoms with E-state index in [4.69, 9.17) is 0 Å². The molecule has 1 atom stereocenters. The number of thioether (sulfide) groups is 1. The molecule has 1 fully saturated rings. The van der Waals surface area contributed by atoms with Gasteiger partial charge in [0.25, 0.3) is 0 Å². The van der Waals surface area contributed by atoms with Crippen LogP contribution in [0.4, 0.5) is 10.1 Å². The number of hydrogen-bond donors (Lipinski definition) is 1. The molecule has 0 unspecified atom stereocenters. The highest BCUT2D eigenvalue weighted by atomic mass is 32.2. The van der Waals surface area contributed by atoms with E-state index in [1.807, 2.05) is 66.1 Å². The van der Waals surface area contributed by atoms with E-state index in [9.17, 15) is 9.18 Å². The fourth-order valence-corrected chi connectivity index (χ4v) is 4.80. The highest BCUT2D eigenvalue weighted by Gasteiger charge is 2.33. The molecule has 33 heavy (non-hydrogen) atoms. The summed E-state index contributed by atoms with van der Waals surface area (Å²) < 4.78 is 16.5. The summed E-state index contributed by atoms with van der Waals surface area (Å²) in [6.07, 6.45) is 1.97. The fourth-order valence-electron chi connectivity index (χ4n) is 3.70. The SMILES string of the molecule is Cc1ccc(NC(=O)[C@H](Sc2nnc(-c3ccccc3F)n2C2CC2)c2ccccc2)cc1. The van der Waals surface area contributed by atoms with Crippen LogP contribution in [0, 0.1) is 12.7 Å². The molecule has 1 aliphatic carbocycles. The number of carbonyl (C=O) groups is 1. The summed E-state index contributed by atoms with van der Waals surface area (Å²) >= 11 is 1.34. The van der Waals surface area contributed by atoms with E-state index in [2.05, 4.69) is 15.5 Å². The summed E-state index contributed by atoms with van der Waals surface area (Å²) in [5.74, 6) is 0.0248. The Morgan fingerprint density at radius 3 is 2.39 bits per heavy atom. The Labute approximate surface area is 196 Å². The zero-order valence-corrected chi connectivity index (χ0v) is 18.9. The molecule has 4 aromatic rings. The molecule has 0 spiro atoms. The van der Waals surface area contributed by atoms with Crippen LogP contribution in [-0.2, 0) is 4.79 Å². The van der Waals surface area contributed by atoms with Crippen molar-refractivity contribution in [3.63, 3.8) is 0 Å². The third-order valence-electron chi connectivity index (χ3n) is 5.57. The topological polar surface area (TPSA) is 59.8 Å². The van der Waals surface area contributed by atoms with Crippen LogP contribution in [-0.4, -0.2) is 20.7 Å². The molecule has 1 N–H and O–H groups in total. The maximum absolute atomic E-state index is 14.5. The molecule has 3 aromatic carbocycles. The number of carbonyl (C=O) groups excluding carboxylic acids is 1. The number of nitrogens with one attached hydrogen (secondary N) is 1. The predicted octanol–water partition coefficient (Wildman–Crippen LogP) is 6.20. The van der Waals surface area contributed by atoms with Gasteiger partial charge >= 0.3 is 0 Å². The molecule has 166 valence electrons. The minimum absolute atomic E-state index is 0.146. The number of nitrogens with zero attached hydrogens (tertiary/aromatic N) is 3. The maximum Gasteiger partial charge on any atom is 0.242 e. The molecule has 7 heteroatoms. The average Bonchev–Trinajstić information content (AvgIpc) is 3.59. The van der Waals surface area contributed by atoms with Gasteiger partial charge in [-0.1, -0.05) is 71.9 Å². The van der Waals surface area contributed by atoms with Crippen LogP contribution in [0.5, 0.6) is 0 Å². The molecule has 0 saturated heterocycles.